The molecule has 3 rings (SSSR count). The maximum atomic E-state index is 3.38. The summed E-state index contributed by atoms with van der Waals surface area (Å²) in [7, 11) is 0. The van der Waals surface area contributed by atoms with E-state index in [1.165, 1.54) is 41.1 Å². The van der Waals surface area contributed by atoms with Crippen molar-refractivity contribution in [2.75, 3.05) is 0 Å². The summed E-state index contributed by atoms with van der Waals surface area (Å²) in [6.45, 7) is 3.36. The van der Waals surface area contributed by atoms with Gasteiger partial charge in [-0.15, -0.1) is 0 Å². The second-order valence-electron chi connectivity index (χ2n) is 4.81. The van der Waals surface area contributed by atoms with Crippen LogP contribution in [0.3, 0.4) is 0 Å². The van der Waals surface area contributed by atoms with Crippen LogP contribution < -0.4 is 0 Å². The van der Waals surface area contributed by atoms with Crippen molar-refractivity contribution in [3.8, 4) is 0 Å². The normalized spacial score (nSPS) is 11.4. The molecule has 0 saturated heterocycles. The minimum atomic E-state index is 1.11. The lowest BCUT2D eigenvalue weighted by Crippen LogP contribution is -1.97. The van der Waals surface area contributed by atoms with Gasteiger partial charge >= 0.3 is 0 Å². The Bertz CT molecular complexity index is 610. The van der Waals surface area contributed by atoms with Gasteiger partial charge in [0.1, 0.15) is 0 Å². The van der Waals surface area contributed by atoms with Crippen molar-refractivity contribution >= 4 is 21.8 Å². The van der Waals surface area contributed by atoms with Gasteiger partial charge in [-0.3, -0.25) is 0 Å². The van der Waals surface area contributed by atoms with E-state index in [1.54, 1.807) is 0 Å². The molecule has 0 unspecified atom stereocenters. The van der Waals surface area contributed by atoms with Crippen LogP contribution in [0.5, 0.6) is 0 Å². The summed E-state index contributed by atoms with van der Waals surface area (Å²) in [5.41, 5.74) is 2.65. The highest BCUT2D eigenvalue weighted by Gasteiger charge is 2.08. The summed E-state index contributed by atoms with van der Waals surface area (Å²) >= 11 is 0. The van der Waals surface area contributed by atoms with Gasteiger partial charge < -0.3 is 4.57 Å². The van der Waals surface area contributed by atoms with Crippen molar-refractivity contribution in [3.63, 3.8) is 0 Å². The number of hydrogen-bond donors (Lipinski definition) is 0. The third-order valence-electron chi connectivity index (χ3n) is 3.57. The van der Waals surface area contributed by atoms with Crippen LogP contribution in [0.1, 0.15) is 26.2 Å². The number of hydrogen-bond acceptors (Lipinski definition) is 0. The number of rotatable bonds is 4. The number of unbranched alkanes of at least 4 members (excludes halogenated alkanes) is 2. The van der Waals surface area contributed by atoms with E-state index in [4.69, 9.17) is 0 Å². The monoisotopic (exact) mass is 236 g/mol. The number of nitrogens with zero attached hydrogens (tertiary/aromatic N) is 1. The summed E-state index contributed by atoms with van der Waals surface area (Å²) in [5, 5.41) is 2.58. The minimum Gasteiger partial charge on any atom is -0.340 e. The Kier molecular flexibility index (Phi) is 3.06. The average molecular weight is 236 g/mol. The summed E-state index contributed by atoms with van der Waals surface area (Å²) in [5.74, 6) is 0. The summed E-state index contributed by atoms with van der Waals surface area (Å²) in [4.78, 5) is 0. The van der Waals surface area contributed by atoms with E-state index in [2.05, 4.69) is 54.0 Å². The molecular weight excluding hydrogens is 218 g/mol. The van der Waals surface area contributed by atoms with Gasteiger partial charge in [0, 0.05) is 28.4 Å². The van der Waals surface area contributed by atoms with Crippen molar-refractivity contribution in [3.05, 3.63) is 48.5 Å². The quantitative estimate of drug-likeness (QED) is 0.574. The lowest BCUT2D eigenvalue weighted by atomic mass is 10.2. The van der Waals surface area contributed by atoms with E-state index in [9.17, 15) is 0 Å². The van der Waals surface area contributed by atoms with Crippen LogP contribution in [0.4, 0.5) is 0 Å². The summed E-state index contributed by atoms with van der Waals surface area (Å²) in [6, 6.07) is 18.3. The maximum Gasteiger partial charge on any atom is 0.0497 e. The molecular formula is C17H18N. The maximum absolute atomic E-state index is 3.38. The molecule has 1 heteroatoms. The van der Waals surface area contributed by atoms with Crippen LogP contribution in [0.25, 0.3) is 21.8 Å². The molecule has 0 aliphatic carbocycles. The smallest absolute Gasteiger partial charge is 0.0497 e. The molecule has 1 aromatic heterocycles. The highest BCUT2D eigenvalue weighted by Crippen LogP contribution is 2.28. The molecule has 0 spiro atoms. The van der Waals surface area contributed by atoms with Gasteiger partial charge in [0.15, 0.2) is 0 Å². The second kappa shape index (κ2) is 4.85. The average Bonchev–Trinajstić information content (AvgIpc) is 2.74. The Labute approximate surface area is 108 Å². The van der Waals surface area contributed by atoms with Crippen molar-refractivity contribution in [1.29, 1.82) is 0 Å². The van der Waals surface area contributed by atoms with Crippen LogP contribution in [0, 0.1) is 6.07 Å². The molecule has 0 aliphatic heterocycles. The predicted octanol–water partition coefficient (Wildman–Crippen LogP) is 4.78. The van der Waals surface area contributed by atoms with E-state index in [0.717, 1.165) is 6.54 Å². The molecule has 0 fully saturated rings. The molecule has 0 aliphatic rings. The zero-order chi connectivity index (χ0) is 12.4. The SMILES string of the molecule is CCCCCn1c2ccc[c]c2c2ccccc21. The van der Waals surface area contributed by atoms with E-state index < -0.39 is 0 Å². The number of aryl methyl sites for hydroxylation is 1. The fourth-order valence-electron chi connectivity index (χ4n) is 2.68. The lowest BCUT2D eigenvalue weighted by molar-refractivity contribution is 0.627. The van der Waals surface area contributed by atoms with Gasteiger partial charge in [-0.25, -0.2) is 0 Å². The van der Waals surface area contributed by atoms with Gasteiger partial charge in [-0.1, -0.05) is 50.1 Å². The molecule has 18 heavy (non-hydrogen) atoms. The van der Waals surface area contributed by atoms with Crippen molar-refractivity contribution < 1.29 is 0 Å². The Morgan fingerprint density at radius 2 is 1.83 bits per heavy atom. The highest BCUT2D eigenvalue weighted by atomic mass is 15.0. The number of para-hydroxylation sites is 1. The second-order valence-corrected chi connectivity index (χ2v) is 4.81. The molecule has 0 saturated carbocycles. The third-order valence-corrected chi connectivity index (χ3v) is 3.57. The Morgan fingerprint density at radius 1 is 1.00 bits per heavy atom. The van der Waals surface area contributed by atoms with Crippen LogP contribution in [-0.2, 0) is 6.54 Å². The number of benzene rings is 2. The third kappa shape index (κ3) is 1.80. The van der Waals surface area contributed by atoms with E-state index in [-0.39, 0.29) is 0 Å². The van der Waals surface area contributed by atoms with Gasteiger partial charge in [-0.2, -0.15) is 0 Å². The Balaban J connectivity index is 2.18. The molecule has 3 aromatic rings. The Hall–Kier alpha value is -1.76. The van der Waals surface area contributed by atoms with Crippen LogP contribution >= 0.6 is 0 Å². The molecule has 2 aromatic carbocycles. The number of fused-ring (bicyclic) bond motifs is 3. The summed E-state index contributed by atoms with van der Waals surface area (Å²) in [6.07, 6.45) is 3.81. The molecule has 0 atom stereocenters. The fourth-order valence-corrected chi connectivity index (χ4v) is 2.68. The first-order valence-corrected chi connectivity index (χ1v) is 6.79. The first-order chi connectivity index (χ1) is 8.92. The van der Waals surface area contributed by atoms with Gasteiger partial charge in [-0.05, 0) is 24.6 Å². The van der Waals surface area contributed by atoms with Crippen LogP contribution in [-0.4, -0.2) is 4.57 Å². The van der Waals surface area contributed by atoms with Crippen molar-refractivity contribution in [2.24, 2.45) is 0 Å². The first-order valence-electron chi connectivity index (χ1n) is 6.79. The zero-order valence-electron chi connectivity index (χ0n) is 10.8. The lowest BCUT2D eigenvalue weighted by Gasteiger charge is -2.06. The zero-order valence-corrected chi connectivity index (χ0v) is 10.8. The molecule has 0 amide bonds. The van der Waals surface area contributed by atoms with Crippen LogP contribution in [0.2, 0.25) is 0 Å². The molecule has 1 heterocycles. The topological polar surface area (TPSA) is 4.93 Å². The van der Waals surface area contributed by atoms with E-state index in [0.29, 0.717) is 0 Å². The molecule has 91 valence electrons. The largest absolute Gasteiger partial charge is 0.340 e. The molecule has 1 radical (unpaired) electrons. The van der Waals surface area contributed by atoms with Gasteiger partial charge in [0.2, 0.25) is 0 Å². The van der Waals surface area contributed by atoms with E-state index in [1.807, 2.05) is 6.07 Å². The van der Waals surface area contributed by atoms with Gasteiger partial charge in [0.05, 0.1) is 0 Å². The minimum absolute atomic E-state index is 1.11. The molecule has 0 N–H and O–H groups in total. The molecule has 1 nitrogen and oxygen atoms in total. The van der Waals surface area contributed by atoms with E-state index >= 15 is 0 Å². The van der Waals surface area contributed by atoms with Gasteiger partial charge in [0.25, 0.3) is 0 Å². The highest BCUT2D eigenvalue weighted by molar-refractivity contribution is 6.07. The summed E-state index contributed by atoms with van der Waals surface area (Å²) < 4.78 is 2.44. The molecule has 0 bridgehead atoms. The fraction of sp³-hybridized carbons (Fsp3) is 0.294. The predicted molar refractivity (Wildman–Crippen MR) is 77.8 cm³/mol. The standard InChI is InChI=1S/C17H18N/c1-2-3-8-13-18-16-11-6-4-9-14(16)15-10-5-7-12-17(15)18/h4-7,9,11-12H,2-3,8,13H2,1H3. The van der Waals surface area contributed by atoms with Crippen molar-refractivity contribution in [1.82, 2.24) is 4.57 Å². The van der Waals surface area contributed by atoms with Crippen LogP contribution in [0.15, 0.2) is 42.5 Å². The Morgan fingerprint density at radius 3 is 2.72 bits per heavy atom. The number of aromatic nitrogens is 1. The van der Waals surface area contributed by atoms with Crippen molar-refractivity contribution in [2.45, 2.75) is 32.7 Å². The first kappa shape index (κ1) is 11.3.